The Morgan fingerprint density at radius 1 is 1.73 bits per heavy atom. The van der Waals surface area contributed by atoms with Crippen LogP contribution in [0.15, 0.2) is 0 Å². The van der Waals surface area contributed by atoms with Gasteiger partial charge in [-0.25, -0.2) is 9.18 Å². The maximum atomic E-state index is 12.2. The number of carbonyl (C=O) groups is 1. The molecule has 0 atom stereocenters. The van der Waals surface area contributed by atoms with E-state index >= 15 is 0 Å². The second-order valence-corrected chi connectivity index (χ2v) is 2.73. The fourth-order valence-electron chi connectivity index (χ4n) is 0.934. The number of urea groups is 1. The third-order valence-corrected chi connectivity index (χ3v) is 1.65. The number of hydrogen-bond acceptors (Lipinski definition) is 1. The van der Waals surface area contributed by atoms with Gasteiger partial charge in [0.25, 0.3) is 0 Å². The molecule has 1 saturated heterocycles. The maximum absolute atomic E-state index is 12.2. The van der Waals surface area contributed by atoms with E-state index in [0.29, 0.717) is 6.54 Å². The summed E-state index contributed by atoms with van der Waals surface area (Å²) in [6.07, 6.45) is 0.112. The van der Waals surface area contributed by atoms with E-state index in [1.54, 1.807) is 0 Å². The Labute approximate surface area is 65.6 Å². The van der Waals surface area contributed by atoms with E-state index in [0.717, 1.165) is 6.42 Å². The van der Waals surface area contributed by atoms with Gasteiger partial charge in [0.1, 0.15) is 6.17 Å². The van der Waals surface area contributed by atoms with Gasteiger partial charge in [-0.3, -0.25) is 0 Å². The molecular formula is C7H13FN2O. The summed E-state index contributed by atoms with van der Waals surface area (Å²) in [6, 6.07) is -0.138. The lowest BCUT2D eigenvalue weighted by Crippen LogP contribution is -2.55. The molecule has 0 aromatic heterocycles. The van der Waals surface area contributed by atoms with E-state index in [4.69, 9.17) is 0 Å². The van der Waals surface area contributed by atoms with Gasteiger partial charge in [-0.1, -0.05) is 6.92 Å². The zero-order chi connectivity index (χ0) is 8.27. The summed E-state index contributed by atoms with van der Waals surface area (Å²) in [6.45, 7) is 3.17. The van der Waals surface area contributed by atoms with E-state index in [1.807, 2.05) is 6.92 Å². The highest BCUT2D eigenvalue weighted by molar-refractivity contribution is 5.75. The number of amides is 2. The summed E-state index contributed by atoms with van der Waals surface area (Å²) < 4.78 is 12.2. The van der Waals surface area contributed by atoms with Gasteiger partial charge in [0, 0.05) is 6.54 Å². The van der Waals surface area contributed by atoms with Crippen molar-refractivity contribution >= 4 is 6.03 Å². The minimum absolute atomic E-state index is 0.138. The van der Waals surface area contributed by atoms with Crippen LogP contribution in [-0.2, 0) is 0 Å². The van der Waals surface area contributed by atoms with Crippen LogP contribution in [0.1, 0.15) is 13.3 Å². The van der Waals surface area contributed by atoms with Crippen molar-refractivity contribution in [3.63, 3.8) is 0 Å². The van der Waals surface area contributed by atoms with Crippen LogP contribution in [0.5, 0.6) is 0 Å². The first kappa shape index (κ1) is 8.30. The molecule has 64 valence electrons. The fraction of sp³-hybridized carbons (Fsp3) is 0.857. The third-order valence-electron chi connectivity index (χ3n) is 1.65. The Morgan fingerprint density at radius 2 is 2.36 bits per heavy atom. The molecule has 2 amide bonds. The molecule has 0 spiro atoms. The highest BCUT2D eigenvalue weighted by atomic mass is 19.1. The van der Waals surface area contributed by atoms with Gasteiger partial charge in [-0.2, -0.15) is 0 Å². The standard InChI is InChI=1S/C7H13FN2O/c1-2-3-9-7(11)10-4-6(8)5-10/h6H,2-5H2,1H3,(H,9,11). The summed E-state index contributed by atoms with van der Waals surface area (Å²) in [5, 5.41) is 2.68. The SMILES string of the molecule is CCCNC(=O)N1CC(F)C1. The summed E-state index contributed by atoms with van der Waals surface area (Å²) in [5.74, 6) is 0. The van der Waals surface area contributed by atoms with E-state index in [-0.39, 0.29) is 19.1 Å². The van der Waals surface area contributed by atoms with Crippen LogP contribution in [0.25, 0.3) is 0 Å². The molecule has 4 heteroatoms. The highest BCUT2D eigenvalue weighted by Crippen LogP contribution is 2.10. The first-order chi connectivity index (χ1) is 5.24. The van der Waals surface area contributed by atoms with Crippen LogP contribution in [0.4, 0.5) is 9.18 Å². The van der Waals surface area contributed by atoms with Gasteiger partial charge >= 0.3 is 6.03 Å². The van der Waals surface area contributed by atoms with Gasteiger partial charge in [0.15, 0.2) is 0 Å². The molecule has 0 unspecified atom stereocenters. The van der Waals surface area contributed by atoms with Crippen molar-refractivity contribution < 1.29 is 9.18 Å². The predicted molar refractivity (Wildman–Crippen MR) is 40.2 cm³/mol. The largest absolute Gasteiger partial charge is 0.338 e. The second-order valence-electron chi connectivity index (χ2n) is 2.73. The zero-order valence-corrected chi connectivity index (χ0v) is 6.64. The average Bonchev–Trinajstić information content (AvgIpc) is 1.94. The quantitative estimate of drug-likeness (QED) is 0.635. The lowest BCUT2D eigenvalue weighted by atomic mass is 10.2. The number of likely N-dealkylation sites (tertiary alicyclic amines) is 1. The van der Waals surface area contributed by atoms with E-state index in [2.05, 4.69) is 5.32 Å². The van der Waals surface area contributed by atoms with E-state index < -0.39 is 6.17 Å². The van der Waals surface area contributed by atoms with Crippen molar-refractivity contribution in [2.24, 2.45) is 0 Å². The summed E-state index contributed by atoms with van der Waals surface area (Å²) in [7, 11) is 0. The Morgan fingerprint density at radius 3 is 2.82 bits per heavy atom. The van der Waals surface area contributed by atoms with Gasteiger partial charge in [-0.05, 0) is 6.42 Å². The van der Waals surface area contributed by atoms with Crippen LogP contribution >= 0.6 is 0 Å². The van der Waals surface area contributed by atoms with Crippen LogP contribution < -0.4 is 5.32 Å². The molecule has 1 aliphatic rings. The molecule has 0 aromatic carbocycles. The van der Waals surface area contributed by atoms with Crippen molar-refractivity contribution in [2.45, 2.75) is 19.5 Å². The monoisotopic (exact) mass is 160 g/mol. The molecule has 0 aromatic rings. The molecule has 1 heterocycles. The normalized spacial score (nSPS) is 17.8. The van der Waals surface area contributed by atoms with Crippen LogP contribution in [0.3, 0.4) is 0 Å². The molecule has 11 heavy (non-hydrogen) atoms. The van der Waals surface area contributed by atoms with Gasteiger partial charge in [0.05, 0.1) is 13.1 Å². The van der Waals surface area contributed by atoms with Crippen LogP contribution in [-0.4, -0.2) is 36.7 Å². The van der Waals surface area contributed by atoms with Crippen molar-refractivity contribution in [3.05, 3.63) is 0 Å². The topological polar surface area (TPSA) is 32.3 Å². The smallest absolute Gasteiger partial charge is 0.317 e. The number of carbonyl (C=O) groups excluding carboxylic acids is 1. The second kappa shape index (κ2) is 3.55. The number of alkyl halides is 1. The minimum Gasteiger partial charge on any atom is -0.338 e. The highest BCUT2D eigenvalue weighted by Gasteiger charge is 2.29. The summed E-state index contributed by atoms with van der Waals surface area (Å²) in [5.41, 5.74) is 0. The van der Waals surface area contributed by atoms with Crippen molar-refractivity contribution in [1.82, 2.24) is 10.2 Å². The molecule has 0 aliphatic carbocycles. The molecule has 0 radical (unpaired) electrons. The number of hydrogen-bond donors (Lipinski definition) is 1. The van der Waals surface area contributed by atoms with Crippen LogP contribution in [0, 0.1) is 0 Å². The zero-order valence-electron chi connectivity index (χ0n) is 6.64. The number of halogens is 1. The van der Waals surface area contributed by atoms with E-state index in [1.165, 1.54) is 4.90 Å². The van der Waals surface area contributed by atoms with E-state index in [9.17, 15) is 9.18 Å². The molecule has 1 rings (SSSR count). The first-order valence-corrected chi connectivity index (χ1v) is 3.91. The number of rotatable bonds is 2. The first-order valence-electron chi connectivity index (χ1n) is 3.91. The third kappa shape index (κ3) is 2.06. The fourth-order valence-corrected chi connectivity index (χ4v) is 0.934. The van der Waals surface area contributed by atoms with Gasteiger partial charge < -0.3 is 10.2 Å². The molecule has 0 saturated carbocycles. The maximum Gasteiger partial charge on any atom is 0.317 e. The Hall–Kier alpha value is -0.800. The predicted octanol–water partition coefficient (Wildman–Crippen LogP) is 0.760. The Balaban J connectivity index is 2.11. The van der Waals surface area contributed by atoms with Crippen molar-refractivity contribution in [3.8, 4) is 0 Å². The molecule has 0 bridgehead atoms. The van der Waals surface area contributed by atoms with Crippen LogP contribution in [0.2, 0.25) is 0 Å². The average molecular weight is 160 g/mol. The Bertz CT molecular complexity index is 145. The number of nitrogens with zero attached hydrogens (tertiary/aromatic N) is 1. The Kier molecular flexibility index (Phi) is 2.68. The lowest BCUT2D eigenvalue weighted by Gasteiger charge is -2.34. The molecule has 1 aliphatic heterocycles. The summed E-state index contributed by atoms with van der Waals surface area (Å²) in [4.78, 5) is 12.5. The molecular weight excluding hydrogens is 147 g/mol. The molecule has 1 fully saturated rings. The van der Waals surface area contributed by atoms with Gasteiger partial charge in [0.2, 0.25) is 0 Å². The molecule has 1 N–H and O–H groups in total. The molecule has 3 nitrogen and oxygen atoms in total. The lowest BCUT2D eigenvalue weighted by molar-refractivity contribution is 0.0900. The van der Waals surface area contributed by atoms with Crippen molar-refractivity contribution in [2.75, 3.05) is 19.6 Å². The minimum atomic E-state index is -0.803. The van der Waals surface area contributed by atoms with Crippen molar-refractivity contribution in [1.29, 1.82) is 0 Å². The number of nitrogens with one attached hydrogen (secondary N) is 1. The summed E-state index contributed by atoms with van der Waals surface area (Å²) >= 11 is 0. The van der Waals surface area contributed by atoms with Gasteiger partial charge in [-0.15, -0.1) is 0 Å².